The number of aromatic nitrogens is 2. The van der Waals surface area contributed by atoms with Crippen LogP contribution in [0.1, 0.15) is 10.4 Å². The SMILES string of the molecule is COC(=O)c1ccccc1NC(=O)Cn1c(=O)n(-c2ccccc2OC)c(=O)c2sccc21. The zero-order valence-electron chi connectivity index (χ0n) is 17.7. The Labute approximate surface area is 191 Å². The van der Waals surface area contributed by atoms with E-state index in [0.29, 0.717) is 16.0 Å². The Morgan fingerprint density at radius 2 is 1.73 bits per heavy atom. The lowest BCUT2D eigenvalue weighted by molar-refractivity contribution is -0.116. The Hall–Kier alpha value is -4.18. The third-order valence-corrected chi connectivity index (χ3v) is 5.88. The maximum Gasteiger partial charge on any atom is 0.339 e. The highest BCUT2D eigenvalue weighted by Gasteiger charge is 2.20. The van der Waals surface area contributed by atoms with Gasteiger partial charge in [0.15, 0.2) is 0 Å². The molecular weight excluding hydrogens is 446 g/mol. The molecule has 10 heteroatoms. The van der Waals surface area contributed by atoms with Gasteiger partial charge in [0, 0.05) is 0 Å². The van der Waals surface area contributed by atoms with Crippen LogP contribution in [0.4, 0.5) is 5.69 Å². The Kier molecular flexibility index (Phi) is 6.09. The zero-order chi connectivity index (χ0) is 23.5. The third kappa shape index (κ3) is 4.03. The highest BCUT2D eigenvalue weighted by Crippen LogP contribution is 2.22. The number of benzene rings is 2. The molecule has 4 rings (SSSR count). The van der Waals surface area contributed by atoms with Crippen LogP contribution in [0.2, 0.25) is 0 Å². The van der Waals surface area contributed by atoms with Crippen molar-refractivity contribution in [3.05, 3.63) is 86.4 Å². The molecule has 1 amide bonds. The van der Waals surface area contributed by atoms with Crippen molar-refractivity contribution < 1.29 is 19.1 Å². The largest absolute Gasteiger partial charge is 0.495 e. The summed E-state index contributed by atoms with van der Waals surface area (Å²) in [4.78, 5) is 51.4. The lowest BCUT2D eigenvalue weighted by Gasteiger charge is -2.15. The number of thiophene rings is 1. The number of anilines is 1. The van der Waals surface area contributed by atoms with Gasteiger partial charge < -0.3 is 14.8 Å². The minimum absolute atomic E-state index is 0.181. The fourth-order valence-corrected chi connectivity index (χ4v) is 4.30. The molecule has 0 unspecified atom stereocenters. The number of nitrogens with zero attached hydrogens (tertiary/aromatic N) is 2. The predicted molar refractivity (Wildman–Crippen MR) is 125 cm³/mol. The summed E-state index contributed by atoms with van der Waals surface area (Å²) in [5.74, 6) is -0.810. The van der Waals surface area contributed by atoms with Crippen molar-refractivity contribution in [2.24, 2.45) is 0 Å². The summed E-state index contributed by atoms with van der Waals surface area (Å²) >= 11 is 1.17. The van der Waals surface area contributed by atoms with E-state index in [-0.39, 0.29) is 23.5 Å². The van der Waals surface area contributed by atoms with Crippen LogP contribution in [0.25, 0.3) is 15.9 Å². The molecule has 0 atom stereocenters. The second-order valence-corrected chi connectivity index (χ2v) is 7.82. The number of para-hydroxylation sites is 3. The molecule has 0 fully saturated rings. The van der Waals surface area contributed by atoms with E-state index in [0.717, 1.165) is 4.57 Å². The van der Waals surface area contributed by atoms with E-state index >= 15 is 0 Å². The first-order valence-electron chi connectivity index (χ1n) is 9.80. The van der Waals surface area contributed by atoms with Crippen molar-refractivity contribution >= 4 is 39.1 Å². The number of methoxy groups -OCH3 is 2. The van der Waals surface area contributed by atoms with Gasteiger partial charge in [-0.05, 0) is 35.7 Å². The lowest BCUT2D eigenvalue weighted by atomic mass is 10.2. The Balaban J connectivity index is 1.79. The van der Waals surface area contributed by atoms with Gasteiger partial charge in [0.1, 0.15) is 17.0 Å². The van der Waals surface area contributed by atoms with Gasteiger partial charge in [-0.15, -0.1) is 11.3 Å². The monoisotopic (exact) mass is 465 g/mol. The number of hydrogen-bond donors (Lipinski definition) is 1. The van der Waals surface area contributed by atoms with Crippen LogP contribution in [-0.2, 0) is 16.1 Å². The summed E-state index contributed by atoms with van der Waals surface area (Å²) in [6.45, 7) is -0.378. The van der Waals surface area contributed by atoms with Crippen LogP contribution in [0, 0.1) is 0 Å². The van der Waals surface area contributed by atoms with Gasteiger partial charge in [-0.2, -0.15) is 0 Å². The van der Waals surface area contributed by atoms with Crippen molar-refractivity contribution in [3.8, 4) is 11.4 Å². The fraction of sp³-hybridized carbons (Fsp3) is 0.130. The summed E-state index contributed by atoms with van der Waals surface area (Å²) in [5, 5.41) is 4.33. The molecule has 168 valence electrons. The topological polar surface area (TPSA) is 109 Å². The minimum atomic E-state index is -0.688. The van der Waals surface area contributed by atoms with E-state index in [9.17, 15) is 19.2 Å². The van der Waals surface area contributed by atoms with Crippen LogP contribution in [0.3, 0.4) is 0 Å². The average molecular weight is 465 g/mol. The van der Waals surface area contributed by atoms with Crippen LogP contribution in [0.5, 0.6) is 5.75 Å². The third-order valence-electron chi connectivity index (χ3n) is 4.99. The summed E-state index contributed by atoms with van der Waals surface area (Å²) in [5.41, 5.74) is -0.135. The van der Waals surface area contributed by atoms with Gasteiger partial charge in [-0.25, -0.2) is 14.2 Å². The maximum absolute atomic E-state index is 13.4. The highest BCUT2D eigenvalue weighted by atomic mass is 32.1. The molecule has 0 radical (unpaired) electrons. The second kappa shape index (κ2) is 9.13. The number of amides is 1. The number of nitrogens with one attached hydrogen (secondary N) is 1. The molecule has 0 bridgehead atoms. The van der Waals surface area contributed by atoms with Gasteiger partial charge >= 0.3 is 11.7 Å². The zero-order valence-corrected chi connectivity index (χ0v) is 18.5. The summed E-state index contributed by atoms with van der Waals surface area (Å²) in [6, 6.07) is 14.6. The van der Waals surface area contributed by atoms with Gasteiger partial charge in [0.05, 0.1) is 36.7 Å². The second-order valence-electron chi connectivity index (χ2n) is 6.90. The maximum atomic E-state index is 13.4. The number of esters is 1. The van der Waals surface area contributed by atoms with Gasteiger partial charge in [0.25, 0.3) is 5.56 Å². The predicted octanol–water partition coefficient (Wildman–Crippen LogP) is 2.65. The molecule has 2 aromatic carbocycles. The molecule has 0 saturated heterocycles. The van der Waals surface area contributed by atoms with Gasteiger partial charge in [-0.1, -0.05) is 24.3 Å². The average Bonchev–Trinajstić information content (AvgIpc) is 3.32. The molecular formula is C23H19N3O6S. The van der Waals surface area contributed by atoms with Crippen molar-refractivity contribution in [2.45, 2.75) is 6.54 Å². The van der Waals surface area contributed by atoms with Crippen molar-refractivity contribution in [3.63, 3.8) is 0 Å². The smallest absolute Gasteiger partial charge is 0.339 e. The van der Waals surface area contributed by atoms with Crippen molar-refractivity contribution in [1.82, 2.24) is 9.13 Å². The number of fused-ring (bicyclic) bond motifs is 1. The van der Waals surface area contributed by atoms with Gasteiger partial charge in [-0.3, -0.25) is 14.2 Å². The Morgan fingerprint density at radius 1 is 1.00 bits per heavy atom. The molecule has 1 N–H and O–H groups in total. The summed E-state index contributed by atoms with van der Waals surface area (Å²) in [7, 11) is 2.69. The Bertz CT molecular complexity index is 1480. The molecule has 0 spiro atoms. The molecule has 9 nitrogen and oxygen atoms in total. The van der Waals surface area contributed by atoms with Crippen LogP contribution in [0.15, 0.2) is 69.6 Å². The van der Waals surface area contributed by atoms with Gasteiger partial charge in [0.2, 0.25) is 5.91 Å². The molecule has 2 heterocycles. The first-order valence-corrected chi connectivity index (χ1v) is 10.7. The number of ether oxygens (including phenoxy) is 2. The number of rotatable bonds is 6. The molecule has 0 saturated carbocycles. The lowest BCUT2D eigenvalue weighted by Crippen LogP contribution is -2.40. The van der Waals surface area contributed by atoms with E-state index < -0.39 is 23.1 Å². The van der Waals surface area contributed by atoms with E-state index in [1.165, 1.54) is 36.2 Å². The normalized spacial score (nSPS) is 10.7. The number of carbonyl (C=O) groups is 2. The van der Waals surface area contributed by atoms with Crippen molar-refractivity contribution in [2.75, 3.05) is 19.5 Å². The van der Waals surface area contributed by atoms with E-state index in [1.807, 2.05) is 0 Å². The first kappa shape index (κ1) is 22.0. The minimum Gasteiger partial charge on any atom is -0.495 e. The van der Waals surface area contributed by atoms with E-state index in [2.05, 4.69) is 5.32 Å². The van der Waals surface area contributed by atoms with Crippen molar-refractivity contribution in [1.29, 1.82) is 0 Å². The van der Waals surface area contributed by atoms with Crippen LogP contribution < -0.4 is 21.3 Å². The molecule has 0 aliphatic carbocycles. The quantitative estimate of drug-likeness (QED) is 0.439. The molecule has 4 aromatic rings. The summed E-state index contributed by atoms with van der Waals surface area (Å²) < 4.78 is 12.6. The van der Waals surface area contributed by atoms with E-state index in [4.69, 9.17) is 9.47 Å². The van der Waals surface area contributed by atoms with Crippen LogP contribution in [-0.4, -0.2) is 35.2 Å². The fourth-order valence-electron chi connectivity index (χ4n) is 3.48. The summed E-state index contributed by atoms with van der Waals surface area (Å²) in [6.07, 6.45) is 0. The molecule has 33 heavy (non-hydrogen) atoms. The number of carbonyl (C=O) groups excluding carboxylic acids is 2. The molecule has 0 aliphatic heterocycles. The van der Waals surface area contributed by atoms with E-state index in [1.54, 1.807) is 53.9 Å². The molecule has 0 aliphatic rings. The highest BCUT2D eigenvalue weighted by molar-refractivity contribution is 7.17. The van der Waals surface area contributed by atoms with Crippen LogP contribution >= 0.6 is 11.3 Å². The standard InChI is InChI=1S/C23H19N3O6S/c1-31-18-10-6-5-9-16(18)26-21(28)20-17(11-12-33-20)25(23(26)30)13-19(27)24-15-8-4-3-7-14(15)22(29)32-2/h3-12H,13H2,1-2H3,(H,24,27). The molecule has 2 aromatic heterocycles. The Morgan fingerprint density at radius 3 is 2.48 bits per heavy atom. The first-order chi connectivity index (χ1) is 16.0. The number of hydrogen-bond acceptors (Lipinski definition) is 7.